The Balaban J connectivity index is 3.25. The number of nitrogen functional groups attached to an aromatic ring is 1. The van der Waals surface area contributed by atoms with E-state index in [0.717, 1.165) is 0 Å². The largest absolute Gasteiger partial charge is 0.398 e. The molecule has 0 saturated heterocycles. The molecule has 0 bridgehead atoms. The van der Waals surface area contributed by atoms with E-state index < -0.39 is 0 Å². The summed E-state index contributed by atoms with van der Waals surface area (Å²) in [5.74, 6) is 0. The van der Waals surface area contributed by atoms with E-state index in [-0.39, 0.29) is 0 Å². The maximum atomic E-state index is 7.20. The summed E-state index contributed by atoms with van der Waals surface area (Å²) in [6, 6.07) is 5.48. The highest BCUT2D eigenvalue weighted by Crippen LogP contribution is 2.13. The maximum absolute atomic E-state index is 7.20. The number of anilines is 1. The Kier molecular flexibility index (Phi) is 1.12. The highest BCUT2D eigenvalue weighted by molar-refractivity contribution is 7.80. The van der Waals surface area contributed by atoms with Crippen LogP contribution < -0.4 is 5.73 Å². The van der Waals surface area contributed by atoms with Crippen molar-refractivity contribution >= 4 is 18.3 Å². The first-order valence-electron chi connectivity index (χ1n) is 2.76. The molecule has 0 aliphatic carbocycles. The Morgan fingerprint density at radius 3 is 2.88 bits per heavy atom. The summed E-state index contributed by atoms with van der Waals surface area (Å²) < 4.78 is 7.20. The molecule has 0 spiro atoms. The lowest BCUT2D eigenvalue weighted by Gasteiger charge is -1.92. The summed E-state index contributed by atoms with van der Waals surface area (Å²) in [6.07, 6.45) is 0. The van der Waals surface area contributed by atoms with E-state index in [9.17, 15) is 0 Å². The number of thiol groups is 1. The van der Waals surface area contributed by atoms with Crippen molar-refractivity contribution in [1.82, 2.24) is 0 Å². The molecule has 0 radical (unpaired) electrons. The van der Waals surface area contributed by atoms with Crippen molar-refractivity contribution in [3.05, 3.63) is 24.2 Å². The molecule has 0 aliphatic heterocycles. The molecule has 0 atom stereocenters. The molecule has 8 heavy (non-hydrogen) atoms. The molecule has 1 rings (SSSR count). The maximum Gasteiger partial charge on any atom is 0.0635 e. The normalized spacial score (nSPS) is 10.9. The average molecular weight is 126 g/mol. The Hall–Kier alpha value is -0.630. The van der Waals surface area contributed by atoms with E-state index >= 15 is 0 Å². The van der Waals surface area contributed by atoms with Gasteiger partial charge in [-0.15, -0.1) is 12.6 Å². The highest BCUT2D eigenvalue weighted by Gasteiger charge is 1.85. The molecule has 0 unspecified atom stereocenters. The van der Waals surface area contributed by atoms with Gasteiger partial charge >= 0.3 is 0 Å². The Morgan fingerprint density at radius 2 is 2.38 bits per heavy atom. The van der Waals surface area contributed by atoms with E-state index in [1.807, 2.05) is 0 Å². The van der Waals surface area contributed by atoms with Crippen LogP contribution in [-0.4, -0.2) is 0 Å². The first-order valence-corrected chi connectivity index (χ1v) is 2.70. The molecule has 2 N–H and O–H groups in total. The first-order chi connectivity index (χ1) is 4.22. The third-order valence-electron chi connectivity index (χ3n) is 0.865. The molecule has 42 valence electrons. The Labute approximate surface area is 55.3 Å². The molecular formula is C6H7NS. The van der Waals surface area contributed by atoms with Crippen LogP contribution in [0.1, 0.15) is 1.37 Å². The predicted molar refractivity (Wildman–Crippen MR) is 38.1 cm³/mol. The van der Waals surface area contributed by atoms with Crippen LogP contribution in [0.5, 0.6) is 0 Å². The molecule has 0 fully saturated rings. The van der Waals surface area contributed by atoms with Gasteiger partial charge in [0.15, 0.2) is 0 Å². The number of benzene rings is 1. The van der Waals surface area contributed by atoms with Crippen molar-refractivity contribution in [3.63, 3.8) is 0 Å². The summed E-state index contributed by atoms with van der Waals surface area (Å²) in [5.41, 5.74) is 5.99. The van der Waals surface area contributed by atoms with Crippen LogP contribution in [0.25, 0.3) is 0 Å². The van der Waals surface area contributed by atoms with Gasteiger partial charge in [0.05, 0.1) is 1.37 Å². The molecular weight excluding hydrogens is 118 g/mol. The minimum atomic E-state index is 0.373. The van der Waals surface area contributed by atoms with Crippen LogP contribution in [0.4, 0.5) is 5.69 Å². The zero-order valence-electron chi connectivity index (χ0n) is 5.26. The van der Waals surface area contributed by atoms with Gasteiger partial charge in [-0.3, -0.25) is 0 Å². The fourth-order valence-electron chi connectivity index (χ4n) is 0.441. The molecule has 0 heterocycles. The Morgan fingerprint density at radius 1 is 1.62 bits per heavy atom. The molecule has 2 heteroatoms. The minimum absolute atomic E-state index is 0.373. The van der Waals surface area contributed by atoms with Crippen molar-refractivity contribution < 1.29 is 1.37 Å². The molecule has 1 aromatic rings. The second-order valence-electron chi connectivity index (χ2n) is 1.47. The van der Waals surface area contributed by atoms with E-state index in [1.54, 1.807) is 18.2 Å². The van der Waals surface area contributed by atoms with Crippen LogP contribution in [0.3, 0.4) is 0 Å². The smallest absolute Gasteiger partial charge is 0.0635 e. The van der Waals surface area contributed by atoms with Gasteiger partial charge < -0.3 is 5.73 Å². The van der Waals surface area contributed by atoms with Gasteiger partial charge in [-0.25, -0.2) is 0 Å². The Bertz CT molecular complexity index is 204. The van der Waals surface area contributed by atoms with Crippen molar-refractivity contribution in [3.8, 4) is 0 Å². The van der Waals surface area contributed by atoms with E-state index in [4.69, 9.17) is 7.10 Å². The van der Waals surface area contributed by atoms with Gasteiger partial charge in [0.1, 0.15) is 0 Å². The molecule has 0 aromatic heterocycles. The van der Waals surface area contributed by atoms with Gasteiger partial charge in [-0.05, 0) is 12.1 Å². The van der Waals surface area contributed by atoms with Crippen molar-refractivity contribution in [2.75, 3.05) is 5.73 Å². The fourth-order valence-corrected chi connectivity index (χ4v) is 0.590. The quantitative estimate of drug-likeness (QED) is 0.400. The van der Waals surface area contributed by atoms with Crippen molar-refractivity contribution in [2.45, 2.75) is 4.90 Å². The van der Waals surface area contributed by atoms with Gasteiger partial charge in [0.25, 0.3) is 0 Å². The number of rotatable bonds is 0. The topological polar surface area (TPSA) is 26.0 Å². The van der Waals surface area contributed by atoms with E-state index in [0.29, 0.717) is 16.6 Å². The number of nitrogens with two attached hydrogens (primary N) is 1. The lowest BCUT2D eigenvalue weighted by molar-refractivity contribution is 1.48. The third-order valence-corrected chi connectivity index (χ3v) is 1.25. The zero-order valence-corrected chi connectivity index (χ0v) is 5.15. The standard InChI is InChI=1S/C6H7NS/c7-5-3-1-2-4-6(5)8/h1-4,8H,7H2/i4D. The van der Waals surface area contributed by atoms with Crippen LogP contribution >= 0.6 is 12.6 Å². The molecule has 0 saturated carbocycles. The number of hydrogen-bond acceptors (Lipinski definition) is 2. The summed E-state index contributed by atoms with van der Waals surface area (Å²) in [6.45, 7) is 0. The van der Waals surface area contributed by atoms with Gasteiger partial charge in [0.2, 0.25) is 0 Å². The van der Waals surface area contributed by atoms with Crippen LogP contribution in [-0.2, 0) is 0 Å². The van der Waals surface area contributed by atoms with Gasteiger partial charge in [0, 0.05) is 10.6 Å². The first kappa shape index (κ1) is 4.27. The lowest BCUT2D eigenvalue weighted by Crippen LogP contribution is -1.83. The predicted octanol–water partition coefficient (Wildman–Crippen LogP) is 1.56. The van der Waals surface area contributed by atoms with Crippen molar-refractivity contribution in [2.24, 2.45) is 0 Å². The number of para-hydroxylation sites is 1. The molecule has 1 nitrogen and oxygen atoms in total. The molecule has 0 aliphatic rings. The van der Waals surface area contributed by atoms with Crippen LogP contribution in [0.2, 0.25) is 0 Å². The van der Waals surface area contributed by atoms with Gasteiger partial charge in [-0.1, -0.05) is 12.1 Å². The SMILES string of the molecule is [2H]c1cccc(N)c1S. The van der Waals surface area contributed by atoms with Crippen LogP contribution in [0, 0.1) is 0 Å². The molecule has 1 aromatic carbocycles. The summed E-state index contributed by atoms with van der Waals surface area (Å²) >= 11 is 4.00. The van der Waals surface area contributed by atoms with Crippen molar-refractivity contribution in [1.29, 1.82) is 0 Å². The zero-order chi connectivity index (χ0) is 6.85. The summed E-state index contributed by atoms with van der Waals surface area (Å²) in [5, 5.41) is 0. The number of hydrogen-bond donors (Lipinski definition) is 2. The highest BCUT2D eigenvalue weighted by atomic mass is 32.1. The third kappa shape index (κ3) is 0.954. The second kappa shape index (κ2) is 2.09. The van der Waals surface area contributed by atoms with Crippen LogP contribution in [0.15, 0.2) is 29.1 Å². The average Bonchev–Trinajstić information content (AvgIpc) is 1.83. The lowest BCUT2D eigenvalue weighted by atomic mass is 10.3. The van der Waals surface area contributed by atoms with E-state index in [1.165, 1.54) is 0 Å². The van der Waals surface area contributed by atoms with Gasteiger partial charge in [-0.2, -0.15) is 0 Å². The minimum Gasteiger partial charge on any atom is -0.398 e. The second-order valence-corrected chi connectivity index (χ2v) is 1.92. The molecule has 0 amide bonds. The monoisotopic (exact) mass is 126 g/mol. The fraction of sp³-hybridized carbons (Fsp3) is 0. The van der Waals surface area contributed by atoms with E-state index in [2.05, 4.69) is 12.6 Å². The summed E-state index contributed by atoms with van der Waals surface area (Å²) in [4.78, 5) is 0.553. The summed E-state index contributed by atoms with van der Waals surface area (Å²) in [7, 11) is 0.